The van der Waals surface area contributed by atoms with Gasteiger partial charge in [0, 0.05) is 25.5 Å². The van der Waals surface area contributed by atoms with Gasteiger partial charge in [0.2, 0.25) is 0 Å². The van der Waals surface area contributed by atoms with Crippen LogP contribution in [0.3, 0.4) is 0 Å². The van der Waals surface area contributed by atoms with Gasteiger partial charge in [0.05, 0.1) is 11.3 Å². The summed E-state index contributed by atoms with van der Waals surface area (Å²) in [5, 5.41) is 0. The molecule has 3 heterocycles. The van der Waals surface area contributed by atoms with Gasteiger partial charge >= 0.3 is 0 Å². The smallest absolute Gasteiger partial charge is 0.257 e. The molecule has 1 aromatic heterocycles. The summed E-state index contributed by atoms with van der Waals surface area (Å²) < 4.78 is 11.3. The van der Waals surface area contributed by atoms with Crippen LogP contribution in [0.25, 0.3) is 0 Å². The molecule has 0 spiro atoms. The number of anilines is 1. The summed E-state index contributed by atoms with van der Waals surface area (Å²) in [4.78, 5) is 23.4. The summed E-state index contributed by atoms with van der Waals surface area (Å²) in [5.74, 6) is 1.98. The van der Waals surface area contributed by atoms with Crippen LogP contribution in [0.2, 0.25) is 0 Å². The first kappa shape index (κ1) is 16.6. The maximum atomic E-state index is 13.1. The Morgan fingerprint density at radius 2 is 2.08 bits per heavy atom. The van der Waals surface area contributed by atoms with Crippen molar-refractivity contribution in [1.29, 1.82) is 0 Å². The van der Waals surface area contributed by atoms with Crippen molar-refractivity contribution in [2.45, 2.75) is 19.3 Å². The van der Waals surface area contributed by atoms with Crippen LogP contribution in [0.1, 0.15) is 28.9 Å². The van der Waals surface area contributed by atoms with Gasteiger partial charge in [-0.2, -0.15) is 0 Å². The van der Waals surface area contributed by atoms with Gasteiger partial charge in [0.1, 0.15) is 19.0 Å². The minimum Gasteiger partial charge on any atom is -0.486 e. The van der Waals surface area contributed by atoms with E-state index in [1.165, 1.54) is 0 Å². The highest BCUT2D eigenvalue weighted by atomic mass is 16.6. The number of aromatic nitrogens is 2. The number of rotatable bonds is 3. The maximum Gasteiger partial charge on any atom is 0.257 e. The molecule has 1 unspecified atom stereocenters. The van der Waals surface area contributed by atoms with Crippen molar-refractivity contribution < 1.29 is 14.3 Å². The van der Waals surface area contributed by atoms with E-state index in [4.69, 9.17) is 15.2 Å². The van der Waals surface area contributed by atoms with E-state index in [2.05, 4.69) is 9.97 Å². The number of carbonyl (C=O) groups is 1. The SMILES string of the molecule is Nc1nccnc1CC1CCCN(C(=O)c2cccc3c2OCCO3)C1. The summed E-state index contributed by atoms with van der Waals surface area (Å²) in [5.41, 5.74) is 7.29. The number of para-hydroxylation sites is 1. The number of likely N-dealkylation sites (tertiary alicyclic amines) is 1. The van der Waals surface area contributed by atoms with Gasteiger partial charge in [-0.1, -0.05) is 6.07 Å². The highest BCUT2D eigenvalue weighted by Crippen LogP contribution is 2.35. The maximum absolute atomic E-state index is 13.1. The van der Waals surface area contributed by atoms with E-state index >= 15 is 0 Å². The van der Waals surface area contributed by atoms with E-state index in [-0.39, 0.29) is 5.91 Å². The standard InChI is InChI=1S/C19H22N4O3/c20-18-15(21-6-7-22-18)11-13-3-2-8-23(12-13)19(24)14-4-1-5-16-17(14)26-10-9-25-16/h1,4-7,13H,2-3,8-12H2,(H2,20,22). The highest BCUT2D eigenvalue weighted by Gasteiger charge is 2.29. The fraction of sp³-hybridized carbons (Fsp3) is 0.421. The zero-order chi connectivity index (χ0) is 17.9. The molecule has 7 nitrogen and oxygen atoms in total. The third-order valence-corrected chi connectivity index (χ3v) is 4.89. The number of ether oxygens (including phenoxy) is 2. The summed E-state index contributed by atoms with van der Waals surface area (Å²) in [7, 11) is 0. The van der Waals surface area contributed by atoms with Gasteiger partial charge in [-0.05, 0) is 37.3 Å². The molecule has 2 aliphatic heterocycles. The molecule has 2 N–H and O–H groups in total. The van der Waals surface area contributed by atoms with E-state index in [0.717, 1.165) is 31.5 Å². The number of nitrogens with two attached hydrogens (primary N) is 1. The zero-order valence-electron chi connectivity index (χ0n) is 14.6. The van der Waals surface area contributed by atoms with Crippen LogP contribution < -0.4 is 15.2 Å². The lowest BCUT2D eigenvalue weighted by Gasteiger charge is -2.33. The van der Waals surface area contributed by atoms with E-state index in [1.807, 2.05) is 17.0 Å². The molecule has 1 aromatic carbocycles. The second-order valence-corrected chi connectivity index (χ2v) is 6.68. The van der Waals surface area contributed by atoms with Crippen LogP contribution in [0.15, 0.2) is 30.6 Å². The van der Waals surface area contributed by atoms with Gasteiger partial charge in [0.15, 0.2) is 11.5 Å². The first-order valence-corrected chi connectivity index (χ1v) is 8.95. The summed E-state index contributed by atoms with van der Waals surface area (Å²) >= 11 is 0. The second kappa shape index (κ2) is 7.19. The number of nitrogens with zero attached hydrogens (tertiary/aromatic N) is 3. The van der Waals surface area contributed by atoms with Crippen molar-refractivity contribution in [1.82, 2.24) is 14.9 Å². The molecule has 1 amide bonds. The highest BCUT2D eigenvalue weighted by molar-refractivity contribution is 5.98. The quantitative estimate of drug-likeness (QED) is 0.906. The van der Waals surface area contributed by atoms with E-state index < -0.39 is 0 Å². The van der Waals surface area contributed by atoms with Crippen LogP contribution in [0.4, 0.5) is 5.82 Å². The molecule has 26 heavy (non-hydrogen) atoms. The predicted octanol–water partition coefficient (Wildman–Crippen LogP) is 1.92. The number of benzene rings is 1. The molecular weight excluding hydrogens is 332 g/mol. The van der Waals surface area contributed by atoms with Gasteiger partial charge < -0.3 is 20.1 Å². The molecule has 0 aliphatic carbocycles. The van der Waals surface area contributed by atoms with Crippen molar-refractivity contribution >= 4 is 11.7 Å². The summed E-state index contributed by atoms with van der Waals surface area (Å²) in [6.45, 7) is 2.40. The monoisotopic (exact) mass is 354 g/mol. The van der Waals surface area contributed by atoms with Gasteiger partial charge in [-0.3, -0.25) is 9.78 Å². The molecular formula is C19H22N4O3. The minimum absolute atomic E-state index is 0.0100. The van der Waals surface area contributed by atoms with Crippen molar-refractivity contribution in [3.63, 3.8) is 0 Å². The van der Waals surface area contributed by atoms with Crippen LogP contribution in [0.5, 0.6) is 11.5 Å². The Morgan fingerprint density at radius 1 is 1.23 bits per heavy atom. The molecule has 1 fully saturated rings. The Labute approximate surface area is 152 Å². The third kappa shape index (κ3) is 3.29. The number of amides is 1. The number of hydrogen-bond donors (Lipinski definition) is 1. The Bertz CT molecular complexity index is 811. The lowest BCUT2D eigenvalue weighted by Crippen LogP contribution is -2.41. The topological polar surface area (TPSA) is 90.6 Å². The molecule has 2 aromatic rings. The van der Waals surface area contributed by atoms with Gasteiger partial charge in [0.25, 0.3) is 5.91 Å². The number of carbonyl (C=O) groups excluding carboxylic acids is 1. The normalized spacial score (nSPS) is 19.2. The van der Waals surface area contributed by atoms with E-state index in [9.17, 15) is 4.79 Å². The van der Waals surface area contributed by atoms with Crippen molar-refractivity contribution in [2.24, 2.45) is 5.92 Å². The zero-order valence-corrected chi connectivity index (χ0v) is 14.6. The molecule has 1 atom stereocenters. The first-order valence-electron chi connectivity index (χ1n) is 8.95. The van der Waals surface area contributed by atoms with Crippen LogP contribution in [-0.2, 0) is 6.42 Å². The van der Waals surface area contributed by atoms with Gasteiger partial charge in [-0.15, -0.1) is 0 Å². The largest absolute Gasteiger partial charge is 0.486 e. The molecule has 1 saturated heterocycles. The van der Waals surface area contributed by atoms with Crippen LogP contribution in [0, 0.1) is 5.92 Å². The van der Waals surface area contributed by atoms with Crippen molar-refractivity contribution in [2.75, 3.05) is 32.0 Å². The number of fused-ring (bicyclic) bond motifs is 1. The number of nitrogen functional groups attached to an aromatic ring is 1. The summed E-state index contributed by atoms with van der Waals surface area (Å²) in [6, 6.07) is 5.48. The second-order valence-electron chi connectivity index (χ2n) is 6.68. The van der Waals surface area contributed by atoms with Crippen LogP contribution in [-0.4, -0.2) is 47.1 Å². The average molecular weight is 354 g/mol. The van der Waals surface area contributed by atoms with Crippen LogP contribution >= 0.6 is 0 Å². The average Bonchev–Trinajstić information content (AvgIpc) is 2.69. The Balaban J connectivity index is 1.50. The van der Waals surface area contributed by atoms with E-state index in [1.54, 1.807) is 18.5 Å². The Morgan fingerprint density at radius 3 is 2.96 bits per heavy atom. The molecule has 0 radical (unpaired) electrons. The summed E-state index contributed by atoms with van der Waals surface area (Å²) in [6.07, 6.45) is 5.99. The number of hydrogen-bond acceptors (Lipinski definition) is 6. The first-order chi connectivity index (χ1) is 12.7. The predicted molar refractivity (Wildman–Crippen MR) is 96.2 cm³/mol. The van der Waals surface area contributed by atoms with Gasteiger partial charge in [-0.25, -0.2) is 4.98 Å². The van der Waals surface area contributed by atoms with Crippen molar-refractivity contribution in [3.8, 4) is 11.5 Å². The molecule has 7 heteroatoms. The fourth-order valence-corrected chi connectivity index (χ4v) is 3.64. The lowest BCUT2D eigenvalue weighted by molar-refractivity contribution is 0.0663. The van der Waals surface area contributed by atoms with E-state index in [0.29, 0.717) is 48.6 Å². The van der Waals surface area contributed by atoms with Crippen molar-refractivity contribution in [3.05, 3.63) is 41.9 Å². The number of piperidine rings is 1. The molecule has 2 aliphatic rings. The fourth-order valence-electron chi connectivity index (χ4n) is 3.64. The molecule has 136 valence electrons. The lowest BCUT2D eigenvalue weighted by atomic mass is 9.92. The minimum atomic E-state index is -0.0100. The Kier molecular flexibility index (Phi) is 4.60. The molecule has 0 bridgehead atoms. The molecule has 4 rings (SSSR count). The Hall–Kier alpha value is -2.83. The molecule has 0 saturated carbocycles. The third-order valence-electron chi connectivity index (χ3n) is 4.89.